The largest absolute Gasteiger partial charge is 0.355 e. The Labute approximate surface area is 127 Å². The van der Waals surface area contributed by atoms with Gasteiger partial charge in [0.25, 0.3) is 5.91 Å². The van der Waals surface area contributed by atoms with Crippen LogP contribution in [0.4, 0.5) is 5.95 Å². The molecule has 2 aromatic rings. The van der Waals surface area contributed by atoms with E-state index in [1.54, 1.807) is 29.9 Å². The van der Waals surface area contributed by atoms with Crippen LogP contribution < -0.4 is 5.32 Å². The van der Waals surface area contributed by atoms with Crippen LogP contribution in [0.25, 0.3) is 0 Å². The van der Waals surface area contributed by atoms with Crippen LogP contribution in [-0.2, 0) is 0 Å². The number of aromatic nitrogens is 3. The molecule has 1 saturated heterocycles. The van der Waals surface area contributed by atoms with E-state index in [1.165, 1.54) is 0 Å². The second kappa shape index (κ2) is 6.17. The maximum absolute atomic E-state index is 12.6. The van der Waals surface area contributed by atoms with Gasteiger partial charge in [0.05, 0.1) is 11.6 Å². The van der Waals surface area contributed by atoms with Crippen molar-refractivity contribution in [2.24, 2.45) is 0 Å². The first-order valence-electron chi connectivity index (χ1n) is 7.06. The van der Waals surface area contributed by atoms with E-state index in [1.807, 2.05) is 17.2 Å². The summed E-state index contributed by atoms with van der Waals surface area (Å²) in [5.74, 6) is 0.530. The molecule has 1 fully saturated rings. The molecule has 0 aliphatic carbocycles. The summed E-state index contributed by atoms with van der Waals surface area (Å²) in [6.07, 6.45) is 6.94. The lowest BCUT2D eigenvalue weighted by Crippen LogP contribution is -2.30. The highest BCUT2D eigenvalue weighted by molar-refractivity contribution is 7.09. The maximum atomic E-state index is 12.6. The van der Waals surface area contributed by atoms with Gasteiger partial charge < -0.3 is 10.2 Å². The summed E-state index contributed by atoms with van der Waals surface area (Å²) in [6.45, 7) is 3.49. The van der Waals surface area contributed by atoms with Crippen LogP contribution in [0.2, 0.25) is 0 Å². The van der Waals surface area contributed by atoms with Crippen molar-refractivity contribution in [1.82, 2.24) is 19.9 Å². The summed E-state index contributed by atoms with van der Waals surface area (Å²) in [4.78, 5) is 27.2. The topological polar surface area (TPSA) is 71.0 Å². The molecule has 1 atom stereocenters. The number of nitrogens with one attached hydrogen (secondary N) is 1. The molecule has 6 nitrogen and oxygen atoms in total. The number of hydrogen-bond acceptors (Lipinski definition) is 6. The number of anilines is 1. The lowest BCUT2D eigenvalue weighted by molar-refractivity contribution is 0.0734. The van der Waals surface area contributed by atoms with Crippen LogP contribution in [0.1, 0.15) is 41.2 Å². The number of amides is 1. The van der Waals surface area contributed by atoms with E-state index in [0.717, 1.165) is 30.9 Å². The van der Waals surface area contributed by atoms with E-state index in [4.69, 9.17) is 0 Å². The Hall–Kier alpha value is -2.02. The standard InChI is InChI=1S/C14H17N5OS/c1-2-15-14-17-8-10(9-18-14)13(20)19-6-3-4-11(19)12-16-5-7-21-12/h5,7-9,11H,2-4,6H2,1H3,(H,15,17,18)/t11-/m0/s1. The van der Waals surface area contributed by atoms with Gasteiger partial charge in [0, 0.05) is 37.1 Å². The molecule has 0 unspecified atom stereocenters. The zero-order chi connectivity index (χ0) is 14.7. The summed E-state index contributed by atoms with van der Waals surface area (Å²) in [7, 11) is 0. The quantitative estimate of drug-likeness (QED) is 0.938. The zero-order valence-electron chi connectivity index (χ0n) is 11.8. The predicted octanol–water partition coefficient (Wildman–Crippen LogP) is 2.34. The SMILES string of the molecule is CCNc1ncc(C(=O)N2CCC[C@H]2c2nccs2)cn1. The van der Waals surface area contributed by atoms with Crippen molar-refractivity contribution in [2.45, 2.75) is 25.8 Å². The Kier molecular flexibility index (Phi) is 4.10. The molecule has 1 aliphatic rings. The second-order valence-corrected chi connectivity index (χ2v) is 5.78. The minimum absolute atomic E-state index is 0.0178. The molecule has 0 aromatic carbocycles. The van der Waals surface area contributed by atoms with Crippen molar-refractivity contribution in [1.29, 1.82) is 0 Å². The minimum atomic E-state index is -0.0178. The summed E-state index contributed by atoms with van der Waals surface area (Å²) in [5.41, 5.74) is 0.528. The molecule has 1 aliphatic heterocycles. The molecular formula is C14H17N5OS. The van der Waals surface area contributed by atoms with Gasteiger partial charge in [-0.2, -0.15) is 0 Å². The predicted molar refractivity (Wildman–Crippen MR) is 81.3 cm³/mol. The summed E-state index contributed by atoms with van der Waals surface area (Å²) in [5, 5.41) is 5.97. The maximum Gasteiger partial charge on any atom is 0.257 e. The van der Waals surface area contributed by atoms with E-state index in [0.29, 0.717) is 11.5 Å². The molecule has 2 aromatic heterocycles. The molecule has 0 spiro atoms. The van der Waals surface area contributed by atoms with Crippen LogP contribution in [0.15, 0.2) is 24.0 Å². The third-order valence-corrected chi connectivity index (χ3v) is 4.36. The van der Waals surface area contributed by atoms with Crippen molar-refractivity contribution in [3.05, 3.63) is 34.5 Å². The van der Waals surface area contributed by atoms with E-state index in [2.05, 4.69) is 20.3 Å². The number of carbonyl (C=O) groups excluding carboxylic acids is 1. The van der Waals surface area contributed by atoms with E-state index >= 15 is 0 Å². The highest BCUT2D eigenvalue weighted by Crippen LogP contribution is 2.33. The van der Waals surface area contributed by atoms with Crippen molar-refractivity contribution in [3.8, 4) is 0 Å². The zero-order valence-corrected chi connectivity index (χ0v) is 12.6. The monoisotopic (exact) mass is 303 g/mol. The van der Waals surface area contributed by atoms with Gasteiger partial charge >= 0.3 is 0 Å². The molecule has 1 amide bonds. The van der Waals surface area contributed by atoms with Crippen LogP contribution in [0, 0.1) is 0 Å². The van der Waals surface area contributed by atoms with E-state index < -0.39 is 0 Å². The average molecular weight is 303 g/mol. The van der Waals surface area contributed by atoms with Gasteiger partial charge in [0.1, 0.15) is 5.01 Å². The van der Waals surface area contributed by atoms with Gasteiger partial charge in [-0.05, 0) is 19.8 Å². The number of carbonyl (C=O) groups is 1. The number of thiazole rings is 1. The van der Waals surface area contributed by atoms with Gasteiger partial charge in [-0.3, -0.25) is 4.79 Å². The molecule has 7 heteroatoms. The van der Waals surface area contributed by atoms with Crippen molar-refractivity contribution >= 4 is 23.2 Å². The Morgan fingerprint density at radius 2 is 2.24 bits per heavy atom. The Balaban J connectivity index is 1.77. The molecule has 0 radical (unpaired) electrons. The van der Waals surface area contributed by atoms with Crippen LogP contribution in [0.3, 0.4) is 0 Å². The van der Waals surface area contributed by atoms with Crippen molar-refractivity contribution < 1.29 is 4.79 Å². The van der Waals surface area contributed by atoms with Crippen LogP contribution in [0.5, 0.6) is 0 Å². The molecule has 3 rings (SSSR count). The molecular weight excluding hydrogens is 286 g/mol. The highest BCUT2D eigenvalue weighted by atomic mass is 32.1. The smallest absolute Gasteiger partial charge is 0.257 e. The molecule has 0 bridgehead atoms. The van der Waals surface area contributed by atoms with Gasteiger partial charge in [-0.25, -0.2) is 15.0 Å². The number of hydrogen-bond donors (Lipinski definition) is 1. The fraction of sp³-hybridized carbons (Fsp3) is 0.429. The normalized spacial score (nSPS) is 18.0. The molecule has 110 valence electrons. The third-order valence-electron chi connectivity index (χ3n) is 3.48. The van der Waals surface area contributed by atoms with Crippen molar-refractivity contribution in [2.75, 3.05) is 18.4 Å². The number of nitrogens with zero attached hydrogens (tertiary/aromatic N) is 4. The van der Waals surface area contributed by atoms with E-state index in [9.17, 15) is 4.79 Å². The minimum Gasteiger partial charge on any atom is -0.355 e. The Morgan fingerprint density at radius 3 is 2.90 bits per heavy atom. The average Bonchev–Trinajstić information content (AvgIpc) is 3.18. The lowest BCUT2D eigenvalue weighted by Gasteiger charge is -2.22. The first kappa shape index (κ1) is 13.9. The number of likely N-dealkylation sites (tertiary alicyclic amines) is 1. The third kappa shape index (κ3) is 2.87. The number of rotatable bonds is 4. The van der Waals surface area contributed by atoms with Gasteiger partial charge in [-0.1, -0.05) is 0 Å². The molecule has 3 heterocycles. The van der Waals surface area contributed by atoms with Gasteiger partial charge in [-0.15, -0.1) is 11.3 Å². The van der Waals surface area contributed by atoms with Crippen LogP contribution in [-0.4, -0.2) is 38.8 Å². The highest BCUT2D eigenvalue weighted by Gasteiger charge is 2.32. The summed E-state index contributed by atoms with van der Waals surface area (Å²) in [6, 6.07) is 0.0888. The molecule has 1 N–H and O–H groups in total. The van der Waals surface area contributed by atoms with E-state index in [-0.39, 0.29) is 11.9 Å². The Morgan fingerprint density at radius 1 is 1.43 bits per heavy atom. The fourth-order valence-electron chi connectivity index (χ4n) is 2.52. The van der Waals surface area contributed by atoms with Gasteiger partial charge in [0.15, 0.2) is 0 Å². The first-order chi connectivity index (χ1) is 10.3. The lowest BCUT2D eigenvalue weighted by atomic mass is 10.2. The van der Waals surface area contributed by atoms with Gasteiger partial charge in [0.2, 0.25) is 5.95 Å². The Bertz CT molecular complexity index is 598. The second-order valence-electron chi connectivity index (χ2n) is 4.85. The van der Waals surface area contributed by atoms with Crippen LogP contribution >= 0.6 is 11.3 Å². The fourth-order valence-corrected chi connectivity index (χ4v) is 3.30. The molecule has 21 heavy (non-hydrogen) atoms. The molecule has 0 saturated carbocycles. The summed E-state index contributed by atoms with van der Waals surface area (Å²) < 4.78 is 0. The summed E-state index contributed by atoms with van der Waals surface area (Å²) >= 11 is 1.60. The van der Waals surface area contributed by atoms with Crippen molar-refractivity contribution in [3.63, 3.8) is 0 Å². The first-order valence-corrected chi connectivity index (χ1v) is 7.94.